The van der Waals surface area contributed by atoms with Crippen LogP contribution < -0.4 is 5.73 Å². The SMILES string of the molecule is NC(CCC(=O)O)C(=O)N1CCCC1Cc1ccccc1. The van der Waals surface area contributed by atoms with Crippen LogP contribution in [-0.2, 0) is 16.0 Å². The number of carboxylic acids is 1. The van der Waals surface area contributed by atoms with Crippen LogP contribution in [0.5, 0.6) is 0 Å². The molecule has 5 heteroatoms. The molecule has 3 N–H and O–H groups in total. The molecule has 2 atom stereocenters. The predicted octanol–water partition coefficient (Wildman–Crippen LogP) is 1.41. The van der Waals surface area contributed by atoms with Crippen molar-refractivity contribution >= 4 is 11.9 Å². The zero-order valence-corrected chi connectivity index (χ0v) is 12.1. The van der Waals surface area contributed by atoms with Gasteiger partial charge in [-0.25, -0.2) is 0 Å². The summed E-state index contributed by atoms with van der Waals surface area (Å²) in [5.41, 5.74) is 7.06. The van der Waals surface area contributed by atoms with Crippen LogP contribution in [0.3, 0.4) is 0 Å². The van der Waals surface area contributed by atoms with E-state index in [1.807, 2.05) is 23.1 Å². The minimum absolute atomic E-state index is 0.0654. The summed E-state index contributed by atoms with van der Waals surface area (Å²) in [7, 11) is 0. The largest absolute Gasteiger partial charge is 0.481 e. The fourth-order valence-electron chi connectivity index (χ4n) is 2.84. The molecular formula is C16H22N2O3. The number of carbonyl (C=O) groups excluding carboxylic acids is 1. The quantitative estimate of drug-likeness (QED) is 0.829. The molecule has 1 fully saturated rings. The molecule has 1 saturated heterocycles. The number of carboxylic acid groups (broad SMARTS) is 1. The van der Waals surface area contributed by atoms with Gasteiger partial charge in [-0.15, -0.1) is 0 Å². The van der Waals surface area contributed by atoms with Crippen LogP contribution >= 0.6 is 0 Å². The summed E-state index contributed by atoms with van der Waals surface area (Å²) in [5.74, 6) is -1.03. The van der Waals surface area contributed by atoms with Crippen LogP contribution in [-0.4, -0.2) is 40.5 Å². The Morgan fingerprint density at radius 2 is 2.05 bits per heavy atom. The van der Waals surface area contributed by atoms with Gasteiger partial charge in [0, 0.05) is 19.0 Å². The predicted molar refractivity (Wildman–Crippen MR) is 79.7 cm³/mol. The van der Waals surface area contributed by atoms with Crippen molar-refractivity contribution in [3.05, 3.63) is 35.9 Å². The van der Waals surface area contributed by atoms with Crippen LogP contribution in [0, 0.1) is 0 Å². The number of hydrogen-bond acceptors (Lipinski definition) is 3. The van der Waals surface area contributed by atoms with Crippen LogP contribution in [0.2, 0.25) is 0 Å². The third-order valence-electron chi connectivity index (χ3n) is 3.96. The zero-order valence-electron chi connectivity index (χ0n) is 12.1. The van der Waals surface area contributed by atoms with Crippen molar-refractivity contribution in [2.75, 3.05) is 6.54 Å². The van der Waals surface area contributed by atoms with E-state index >= 15 is 0 Å². The van der Waals surface area contributed by atoms with Gasteiger partial charge in [0.25, 0.3) is 0 Å². The lowest BCUT2D eigenvalue weighted by atomic mass is 10.0. The van der Waals surface area contributed by atoms with Gasteiger partial charge in [-0.1, -0.05) is 30.3 Å². The number of amides is 1. The first-order valence-corrected chi connectivity index (χ1v) is 7.39. The topological polar surface area (TPSA) is 83.6 Å². The summed E-state index contributed by atoms with van der Waals surface area (Å²) >= 11 is 0. The molecule has 1 aromatic rings. The first-order valence-electron chi connectivity index (χ1n) is 7.39. The molecule has 1 aromatic carbocycles. The molecule has 0 bridgehead atoms. The van der Waals surface area contributed by atoms with Gasteiger partial charge in [0.1, 0.15) is 0 Å². The van der Waals surface area contributed by atoms with E-state index in [2.05, 4.69) is 12.1 Å². The Labute approximate surface area is 124 Å². The van der Waals surface area contributed by atoms with Crippen molar-refractivity contribution in [1.29, 1.82) is 0 Å². The molecule has 2 rings (SSSR count). The maximum absolute atomic E-state index is 12.4. The number of hydrogen-bond donors (Lipinski definition) is 2. The third kappa shape index (κ3) is 4.29. The number of nitrogens with two attached hydrogens (primary N) is 1. The van der Waals surface area contributed by atoms with E-state index in [9.17, 15) is 9.59 Å². The van der Waals surface area contributed by atoms with E-state index in [1.165, 1.54) is 5.56 Å². The van der Waals surface area contributed by atoms with Crippen LogP contribution in [0.25, 0.3) is 0 Å². The van der Waals surface area contributed by atoms with E-state index < -0.39 is 12.0 Å². The lowest BCUT2D eigenvalue weighted by molar-refractivity contribution is -0.137. The van der Waals surface area contributed by atoms with Gasteiger partial charge in [0.05, 0.1) is 6.04 Å². The van der Waals surface area contributed by atoms with Gasteiger partial charge in [-0.3, -0.25) is 9.59 Å². The maximum Gasteiger partial charge on any atom is 0.303 e. The highest BCUT2D eigenvalue weighted by molar-refractivity contribution is 5.82. The number of carbonyl (C=O) groups is 2. The molecule has 1 heterocycles. The molecule has 114 valence electrons. The minimum Gasteiger partial charge on any atom is -0.481 e. The first kappa shape index (κ1) is 15.5. The molecule has 1 aliphatic rings. The summed E-state index contributed by atoms with van der Waals surface area (Å²) < 4.78 is 0. The molecule has 5 nitrogen and oxygen atoms in total. The fourth-order valence-corrected chi connectivity index (χ4v) is 2.84. The Balaban J connectivity index is 1.94. The summed E-state index contributed by atoms with van der Waals surface area (Å²) in [6.45, 7) is 0.719. The van der Waals surface area contributed by atoms with Gasteiger partial charge in [-0.2, -0.15) is 0 Å². The highest BCUT2D eigenvalue weighted by atomic mass is 16.4. The Morgan fingerprint density at radius 1 is 1.33 bits per heavy atom. The number of likely N-dealkylation sites (tertiary alicyclic amines) is 1. The van der Waals surface area contributed by atoms with Crippen molar-refractivity contribution in [2.24, 2.45) is 5.73 Å². The highest BCUT2D eigenvalue weighted by Gasteiger charge is 2.31. The maximum atomic E-state index is 12.4. The van der Waals surface area contributed by atoms with Crippen LogP contribution in [0.1, 0.15) is 31.2 Å². The van der Waals surface area contributed by atoms with E-state index in [0.29, 0.717) is 0 Å². The summed E-state index contributed by atoms with van der Waals surface area (Å²) in [6, 6.07) is 9.55. The normalized spacial score (nSPS) is 19.5. The molecule has 0 aromatic heterocycles. The first-order chi connectivity index (χ1) is 10.1. The van der Waals surface area contributed by atoms with Crippen molar-refractivity contribution in [3.8, 4) is 0 Å². The number of benzene rings is 1. The molecule has 21 heavy (non-hydrogen) atoms. The Kier molecular flexibility index (Phi) is 5.33. The van der Waals surface area contributed by atoms with Gasteiger partial charge < -0.3 is 15.7 Å². The van der Waals surface area contributed by atoms with Crippen LogP contribution in [0.4, 0.5) is 0 Å². The van der Waals surface area contributed by atoms with E-state index in [4.69, 9.17) is 10.8 Å². The van der Waals surface area contributed by atoms with Gasteiger partial charge in [0.2, 0.25) is 5.91 Å². The van der Waals surface area contributed by atoms with Crippen LogP contribution in [0.15, 0.2) is 30.3 Å². The van der Waals surface area contributed by atoms with E-state index in [0.717, 1.165) is 25.8 Å². The summed E-state index contributed by atoms with van der Waals surface area (Å²) in [4.78, 5) is 24.8. The minimum atomic E-state index is -0.916. The molecular weight excluding hydrogens is 268 g/mol. The number of rotatable bonds is 6. The average molecular weight is 290 g/mol. The van der Waals surface area contributed by atoms with E-state index in [-0.39, 0.29) is 24.8 Å². The summed E-state index contributed by atoms with van der Waals surface area (Å²) in [5, 5.41) is 8.68. The molecule has 1 amide bonds. The number of nitrogens with zero attached hydrogens (tertiary/aromatic N) is 1. The average Bonchev–Trinajstić information content (AvgIpc) is 2.93. The Morgan fingerprint density at radius 3 is 2.71 bits per heavy atom. The molecule has 0 spiro atoms. The van der Waals surface area contributed by atoms with Gasteiger partial charge in [0.15, 0.2) is 0 Å². The molecule has 1 aliphatic heterocycles. The third-order valence-corrected chi connectivity index (χ3v) is 3.96. The molecule has 0 saturated carbocycles. The lowest BCUT2D eigenvalue weighted by Gasteiger charge is -2.27. The smallest absolute Gasteiger partial charge is 0.303 e. The Bertz CT molecular complexity index is 490. The molecule has 0 aliphatic carbocycles. The van der Waals surface area contributed by atoms with Crippen molar-refractivity contribution in [3.63, 3.8) is 0 Å². The van der Waals surface area contributed by atoms with Gasteiger partial charge in [-0.05, 0) is 31.2 Å². The molecule has 0 radical (unpaired) electrons. The molecule has 2 unspecified atom stereocenters. The van der Waals surface area contributed by atoms with Crippen molar-refractivity contribution in [2.45, 2.75) is 44.2 Å². The monoisotopic (exact) mass is 290 g/mol. The fraction of sp³-hybridized carbons (Fsp3) is 0.500. The van der Waals surface area contributed by atoms with Gasteiger partial charge >= 0.3 is 5.97 Å². The second kappa shape index (κ2) is 7.22. The number of aliphatic carboxylic acids is 1. The second-order valence-electron chi connectivity index (χ2n) is 5.56. The zero-order chi connectivity index (χ0) is 15.2. The van der Waals surface area contributed by atoms with E-state index in [1.54, 1.807) is 0 Å². The summed E-state index contributed by atoms with van der Waals surface area (Å²) in [6.07, 6.45) is 2.92. The lowest BCUT2D eigenvalue weighted by Crippen LogP contribution is -2.46. The standard InChI is InChI=1S/C16H22N2O3/c17-14(8-9-15(19)20)16(21)18-10-4-7-13(18)11-12-5-2-1-3-6-12/h1-3,5-6,13-14H,4,7-11,17H2,(H,19,20). The van der Waals surface area contributed by atoms with Crippen molar-refractivity contribution in [1.82, 2.24) is 4.90 Å². The highest BCUT2D eigenvalue weighted by Crippen LogP contribution is 2.22. The van der Waals surface area contributed by atoms with Crippen molar-refractivity contribution < 1.29 is 14.7 Å². The Hall–Kier alpha value is -1.88. The second-order valence-corrected chi connectivity index (χ2v) is 5.56.